The Kier molecular flexibility index (Phi) is 8.22. The van der Waals surface area contributed by atoms with Crippen LogP contribution in [0.3, 0.4) is 0 Å². The lowest BCUT2D eigenvalue weighted by atomic mass is 10.0. The van der Waals surface area contributed by atoms with E-state index in [2.05, 4.69) is 9.05 Å². The van der Waals surface area contributed by atoms with E-state index in [1.54, 1.807) is 0 Å². The van der Waals surface area contributed by atoms with Gasteiger partial charge in [0.05, 0.1) is 19.8 Å². The molecule has 16 heavy (non-hydrogen) atoms. The SMILES string of the molecule is [B][C@@H](CO)O[C@H](COC)COP(=O)([O-])OC. The van der Waals surface area contributed by atoms with Crippen molar-refractivity contribution >= 4 is 15.7 Å². The molecule has 7 nitrogen and oxygen atoms in total. The number of rotatable bonds is 9. The van der Waals surface area contributed by atoms with Gasteiger partial charge in [0.25, 0.3) is 7.82 Å². The third kappa shape index (κ3) is 7.35. The highest BCUT2D eigenvalue weighted by Gasteiger charge is 2.16. The van der Waals surface area contributed by atoms with Crippen LogP contribution >= 0.6 is 7.82 Å². The first-order valence-corrected chi connectivity index (χ1v) is 5.93. The molecule has 0 aliphatic rings. The second kappa shape index (κ2) is 8.19. The van der Waals surface area contributed by atoms with Gasteiger partial charge in [0.2, 0.25) is 0 Å². The summed E-state index contributed by atoms with van der Waals surface area (Å²) in [5, 5.41) is 8.65. The smallest absolute Gasteiger partial charge is 0.267 e. The van der Waals surface area contributed by atoms with Gasteiger partial charge in [-0.3, -0.25) is 4.57 Å². The predicted molar refractivity (Wildman–Crippen MR) is 53.9 cm³/mol. The second-order valence-corrected chi connectivity index (χ2v) is 4.38. The molecule has 0 saturated carbocycles. The maximum Gasteiger partial charge on any atom is 0.267 e. The van der Waals surface area contributed by atoms with Gasteiger partial charge in [0.1, 0.15) is 14.0 Å². The fraction of sp³-hybridized carbons (Fsp3) is 1.00. The number of methoxy groups -OCH3 is 1. The van der Waals surface area contributed by atoms with Crippen molar-refractivity contribution in [2.75, 3.05) is 34.0 Å². The first-order valence-electron chi connectivity index (χ1n) is 4.47. The van der Waals surface area contributed by atoms with Crippen molar-refractivity contribution in [1.82, 2.24) is 0 Å². The zero-order valence-corrected chi connectivity index (χ0v) is 10.1. The quantitative estimate of drug-likeness (QED) is 0.400. The largest absolute Gasteiger partial charge is 0.756 e. The molecular formula is C7H15BO7P-. The van der Waals surface area contributed by atoms with Crippen LogP contribution in [-0.2, 0) is 23.1 Å². The Bertz CT molecular complexity index is 227. The van der Waals surface area contributed by atoms with Crippen LogP contribution in [0.2, 0.25) is 0 Å². The van der Waals surface area contributed by atoms with E-state index in [1.807, 2.05) is 0 Å². The van der Waals surface area contributed by atoms with Crippen LogP contribution < -0.4 is 4.89 Å². The van der Waals surface area contributed by atoms with Crippen molar-refractivity contribution in [2.45, 2.75) is 12.1 Å². The minimum Gasteiger partial charge on any atom is -0.756 e. The van der Waals surface area contributed by atoms with E-state index >= 15 is 0 Å². The lowest BCUT2D eigenvalue weighted by molar-refractivity contribution is -0.226. The van der Waals surface area contributed by atoms with Crippen LogP contribution in [0.5, 0.6) is 0 Å². The van der Waals surface area contributed by atoms with Gasteiger partial charge in [0, 0.05) is 20.2 Å². The van der Waals surface area contributed by atoms with Gasteiger partial charge in [0.15, 0.2) is 0 Å². The van der Waals surface area contributed by atoms with Crippen molar-refractivity contribution in [3.8, 4) is 0 Å². The highest BCUT2D eigenvalue weighted by Crippen LogP contribution is 2.36. The summed E-state index contributed by atoms with van der Waals surface area (Å²) in [6, 6.07) is -0.919. The molecule has 0 heterocycles. The van der Waals surface area contributed by atoms with Crippen molar-refractivity contribution in [2.24, 2.45) is 0 Å². The Morgan fingerprint density at radius 1 is 1.44 bits per heavy atom. The Morgan fingerprint density at radius 2 is 2.06 bits per heavy atom. The molecule has 0 aromatic carbocycles. The van der Waals surface area contributed by atoms with Crippen LogP contribution in [0.15, 0.2) is 0 Å². The third-order valence-electron chi connectivity index (χ3n) is 1.54. The number of phosphoric ester groups is 1. The van der Waals surface area contributed by atoms with E-state index in [0.29, 0.717) is 0 Å². The Morgan fingerprint density at radius 3 is 2.50 bits per heavy atom. The van der Waals surface area contributed by atoms with Gasteiger partial charge in [-0.05, 0) is 0 Å². The normalized spacial score (nSPS) is 19.0. The Labute approximate surface area is 95.7 Å². The molecule has 1 unspecified atom stereocenters. The molecular weight excluding hydrogens is 238 g/mol. The molecule has 0 bridgehead atoms. The van der Waals surface area contributed by atoms with E-state index < -0.39 is 19.9 Å². The third-order valence-corrected chi connectivity index (χ3v) is 2.45. The van der Waals surface area contributed by atoms with Crippen LogP contribution in [0.1, 0.15) is 0 Å². The summed E-state index contributed by atoms with van der Waals surface area (Å²) in [6.45, 7) is -0.604. The minimum absolute atomic E-state index is 0.0808. The summed E-state index contributed by atoms with van der Waals surface area (Å²) in [6.07, 6.45) is -0.704. The molecule has 0 saturated heterocycles. The van der Waals surface area contributed by atoms with Crippen molar-refractivity contribution in [3.63, 3.8) is 0 Å². The summed E-state index contributed by atoms with van der Waals surface area (Å²) in [7, 11) is 3.42. The van der Waals surface area contributed by atoms with E-state index in [-0.39, 0.29) is 19.8 Å². The number of phosphoric acid groups is 1. The highest BCUT2D eigenvalue weighted by atomic mass is 31.2. The van der Waals surface area contributed by atoms with Crippen molar-refractivity contribution in [1.29, 1.82) is 0 Å². The fourth-order valence-electron chi connectivity index (χ4n) is 0.830. The molecule has 0 amide bonds. The monoisotopic (exact) mass is 253 g/mol. The molecule has 0 spiro atoms. The summed E-state index contributed by atoms with van der Waals surface area (Å²) in [4.78, 5) is 10.9. The topological polar surface area (TPSA) is 97.3 Å². The maximum atomic E-state index is 10.9. The summed E-state index contributed by atoms with van der Waals surface area (Å²) < 4.78 is 29.3. The molecule has 0 aromatic heterocycles. The highest BCUT2D eigenvalue weighted by molar-refractivity contribution is 7.45. The lowest BCUT2D eigenvalue weighted by Crippen LogP contribution is -2.32. The first-order chi connectivity index (χ1) is 7.45. The Hall–Kier alpha value is 0.0549. The molecule has 0 aliphatic heterocycles. The van der Waals surface area contributed by atoms with Gasteiger partial charge in [-0.15, -0.1) is 0 Å². The van der Waals surface area contributed by atoms with E-state index in [4.69, 9.17) is 22.4 Å². The van der Waals surface area contributed by atoms with Crippen molar-refractivity contribution < 1.29 is 33.1 Å². The van der Waals surface area contributed by atoms with E-state index in [9.17, 15) is 9.46 Å². The predicted octanol–water partition coefficient (Wildman–Crippen LogP) is -1.36. The molecule has 2 radical (unpaired) electrons. The minimum atomic E-state index is -4.29. The average Bonchev–Trinajstić information content (AvgIpc) is 2.26. The molecule has 9 heteroatoms. The van der Waals surface area contributed by atoms with E-state index in [1.165, 1.54) is 7.11 Å². The molecule has 0 aliphatic carbocycles. The van der Waals surface area contributed by atoms with Gasteiger partial charge < -0.3 is 28.5 Å². The van der Waals surface area contributed by atoms with Crippen LogP contribution in [-0.4, -0.2) is 59.1 Å². The van der Waals surface area contributed by atoms with Crippen LogP contribution in [0.25, 0.3) is 0 Å². The lowest BCUT2D eigenvalue weighted by Gasteiger charge is -2.25. The zero-order valence-electron chi connectivity index (χ0n) is 9.20. The number of aliphatic hydroxyl groups is 1. The fourth-order valence-corrected chi connectivity index (χ4v) is 1.28. The molecule has 1 N–H and O–H groups in total. The molecule has 0 aromatic rings. The number of ether oxygens (including phenoxy) is 2. The molecule has 0 rings (SSSR count). The molecule has 0 fully saturated rings. The number of hydrogen-bond donors (Lipinski definition) is 1. The second-order valence-electron chi connectivity index (χ2n) is 2.86. The number of hydrogen-bond acceptors (Lipinski definition) is 7. The average molecular weight is 253 g/mol. The zero-order chi connectivity index (χ0) is 12.6. The van der Waals surface area contributed by atoms with Gasteiger partial charge in [-0.25, -0.2) is 0 Å². The summed E-state index contributed by atoms with van der Waals surface area (Å²) in [5.74, 6) is 0. The molecule has 94 valence electrons. The van der Waals surface area contributed by atoms with Crippen LogP contribution in [0, 0.1) is 0 Å². The van der Waals surface area contributed by atoms with Gasteiger partial charge >= 0.3 is 0 Å². The Balaban J connectivity index is 4.07. The summed E-state index contributed by atoms with van der Waals surface area (Å²) in [5.41, 5.74) is 0. The maximum absolute atomic E-state index is 10.9. The van der Waals surface area contributed by atoms with Crippen molar-refractivity contribution in [3.05, 3.63) is 0 Å². The van der Waals surface area contributed by atoms with E-state index in [0.717, 1.165) is 7.11 Å². The van der Waals surface area contributed by atoms with Crippen LogP contribution in [0.4, 0.5) is 0 Å². The van der Waals surface area contributed by atoms with Gasteiger partial charge in [-0.2, -0.15) is 0 Å². The first kappa shape index (κ1) is 16.1. The number of aliphatic hydroxyl groups excluding tert-OH is 1. The molecule has 3 atom stereocenters. The van der Waals surface area contributed by atoms with Gasteiger partial charge in [-0.1, -0.05) is 0 Å². The standard InChI is InChI=1S/C7H16BO7P/c1-12-4-6(15-7(8)3-9)5-14-16(10,11)13-2/h6-7,9H,3-5H2,1-2H3,(H,10,11)/p-1/t6-,7-/m1/s1. The summed E-state index contributed by atoms with van der Waals surface area (Å²) >= 11 is 0.